The van der Waals surface area contributed by atoms with E-state index in [-0.39, 0.29) is 11.6 Å². The Morgan fingerprint density at radius 1 is 1.32 bits per heavy atom. The minimum atomic E-state index is -0.309. The van der Waals surface area contributed by atoms with E-state index in [9.17, 15) is 9.18 Å². The first-order chi connectivity index (χ1) is 9.22. The molecule has 4 heteroatoms. The molecule has 2 heterocycles. The molecule has 19 heavy (non-hydrogen) atoms. The smallest absolute Gasteiger partial charge is 0.198 e. The predicted octanol–water partition coefficient (Wildman–Crippen LogP) is 4.29. The fourth-order valence-corrected chi connectivity index (χ4v) is 3.67. The van der Waals surface area contributed by atoms with Crippen LogP contribution in [0.4, 0.5) is 4.39 Å². The summed E-state index contributed by atoms with van der Waals surface area (Å²) in [6.07, 6.45) is 2.75. The van der Waals surface area contributed by atoms with Crippen molar-refractivity contribution in [3.8, 4) is 0 Å². The second-order valence-electron chi connectivity index (χ2n) is 4.98. The van der Waals surface area contributed by atoms with Crippen LogP contribution in [0.2, 0.25) is 0 Å². The van der Waals surface area contributed by atoms with Gasteiger partial charge in [0.1, 0.15) is 11.4 Å². The third-order valence-electron chi connectivity index (χ3n) is 3.57. The van der Waals surface area contributed by atoms with Crippen molar-refractivity contribution in [3.63, 3.8) is 0 Å². The molecule has 2 nitrogen and oxygen atoms in total. The second kappa shape index (κ2) is 5.37. The van der Waals surface area contributed by atoms with E-state index in [1.54, 1.807) is 12.1 Å². The van der Waals surface area contributed by atoms with E-state index >= 15 is 0 Å². The number of carbonyl (C=O) groups is 1. The lowest BCUT2D eigenvalue weighted by molar-refractivity contribution is 0.0933. The third kappa shape index (κ3) is 2.84. The van der Waals surface area contributed by atoms with Gasteiger partial charge in [0.25, 0.3) is 0 Å². The zero-order valence-corrected chi connectivity index (χ0v) is 11.3. The first kappa shape index (κ1) is 12.7. The summed E-state index contributed by atoms with van der Waals surface area (Å²) in [4.78, 5) is 12.2. The van der Waals surface area contributed by atoms with Crippen LogP contribution in [0.25, 0.3) is 11.0 Å². The highest BCUT2D eigenvalue weighted by Crippen LogP contribution is 2.28. The van der Waals surface area contributed by atoms with E-state index in [0.29, 0.717) is 29.1 Å². The molecule has 100 valence electrons. The quantitative estimate of drug-likeness (QED) is 0.785. The van der Waals surface area contributed by atoms with Crippen LogP contribution in [0.3, 0.4) is 0 Å². The van der Waals surface area contributed by atoms with Gasteiger partial charge in [-0.1, -0.05) is 0 Å². The van der Waals surface area contributed by atoms with Crippen molar-refractivity contribution in [2.24, 2.45) is 5.92 Å². The van der Waals surface area contributed by atoms with Crippen LogP contribution in [0, 0.1) is 11.7 Å². The van der Waals surface area contributed by atoms with E-state index in [0.717, 1.165) is 24.3 Å². The van der Waals surface area contributed by atoms with Crippen LogP contribution in [0.15, 0.2) is 28.7 Å². The Bertz CT molecular complexity index is 599. The second-order valence-corrected chi connectivity index (χ2v) is 6.20. The molecule has 0 atom stereocenters. The molecule has 0 radical (unpaired) electrons. The van der Waals surface area contributed by atoms with Crippen molar-refractivity contribution in [2.45, 2.75) is 19.3 Å². The third-order valence-corrected chi connectivity index (χ3v) is 4.62. The van der Waals surface area contributed by atoms with Crippen LogP contribution >= 0.6 is 11.8 Å². The lowest BCUT2D eigenvalue weighted by atomic mass is 9.95. The molecule has 0 aliphatic carbocycles. The Hall–Kier alpha value is -1.29. The van der Waals surface area contributed by atoms with Gasteiger partial charge in [-0.2, -0.15) is 11.8 Å². The first-order valence-corrected chi connectivity index (χ1v) is 7.68. The molecule has 1 aromatic carbocycles. The minimum Gasteiger partial charge on any atom is -0.453 e. The Labute approximate surface area is 115 Å². The molecule has 1 saturated heterocycles. The number of hydrogen-bond donors (Lipinski definition) is 0. The van der Waals surface area contributed by atoms with Gasteiger partial charge < -0.3 is 4.42 Å². The van der Waals surface area contributed by atoms with E-state index < -0.39 is 0 Å². The Kier molecular flexibility index (Phi) is 3.60. The van der Waals surface area contributed by atoms with Crippen molar-refractivity contribution < 1.29 is 13.6 Å². The number of benzene rings is 1. The number of carbonyl (C=O) groups excluding carboxylic acids is 1. The maximum atomic E-state index is 13.1. The molecular weight excluding hydrogens is 263 g/mol. The van der Waals surface area contributed by atoms with Crippen molar-refractivity contribution in [3.05, 3.63) is 35.8 Å². The Balaban J connectivity index is 1.77. The van der Waals surface area contributed by atoms with Gasteiger partial charge in [0.15, 0.2) is 11.5 Å². The number of ketones is 1. The highest BCUT2D eigenvalue weighted by Gasteiger charge is 2.20. The summed E-state index contributed by atoms with van der Waals surface area (Å²) in [5.41, 5.74) is 0.573. The molecule has 0 bridgehead atoms. The molecule has 0 unspecified atom stereocenters. The van der Waals surface area contributed by atoms with E-state index in [1.165, 1.54) is 12.1 Å². The van der Waals surface area contributed by atoms with Gasteiger partial charge in [-0.25, -0.2) is 4.39 Å². The zero-order valence-electron chi connectivity index (χ0n) is 10.5. The molecule has 0 spiro atoms. The maximum absolute atomic E-state index is 13.1. The fraction of sp³-hybridized carbons (Fsp3) is 0.400. The van der Waals surface area contributed by atoms with Gasteiger partial charge in [-0.15, -0.1) is 0 Å². The van der Waals surface area contributed by atoms with Gasteiger partial charge in [0.2, 0.25) is 0 Å². The predicted molar refractivity (Wildman–Crippen MR) is 75.2 cm³/mol. The van der Waals surface area contributed by atoms with Gasteiger partial charge in [0.05, 0.1) is 0 Å². The molecule has 3 rings (SSSR count). The summed E-state index contributed by atoms with van der Waals surface area (Å²) >= 11 is 1.95. The van der Waals surface area contributed by atoms with Crippen LogP contribution in [-0.4, -0.2) is 17.3 Å². The lowest BCUT2D eigenvalue weighted by Gasteiger charge is -2.19. The SMILES string of the molecule is O=C(CC1CCSCC1)c1cc2cc(F)ccc2o1. The largest absolute Gasteiger partial charge is 0.453 e. The van der Waals surface area contributed by atoms with Crippen molar-refractivity contribution >= 4 is 28.5 Å². The van der Waals surface area contributed by atoms with E-state index in [1.807, 2.05) is 11.8 Å². The number of furan rings is 1. The molecule has 0 amide bonds. The number of Topliss-reactive ketones (excluding diaryl/α,β-unsaturated/α-hetero) is 1. The lowest BCUT2D eigenvalue weighted by Crippen LogP contribution is -2.14. The van der Waals surface area contributed by atoms with Gasteiger partial charge in [-0.05, 0) is 54.5 Å². The zero-order chi connectivity index (χ0) is 13.2. The van der Waals surface area contributed by atoms with E-state index in [2.05, 4.69) is 0 Å². The number of thioether (sulfide) groups is 1. The molecule has 0 saturated carbocycles. The van der Waals surface area contributed by atoms with Gasteiger partial charge in [0, 0.05) is 11.8 Å². The average molecular weight is 278 g/mol. The minimum absolute atomic E-state index is 0.0357. The molecule has 1 aromatic heterocycles. The Morgan fingerprint density at radius 2 is 2.11 bits per heavy atom. The number of halogens is 1. The van der Waals surface area contributed by atoms with Crippen LogP contribution in [0.1, 0.15) is 29.8 Å². The first-order valence-electron chi connectivity index (χ1n) is 6.52. The highest BCUT2D eigenvalue weighted by atomic mass is 32.2. The van der Waals surface area contributed by atoms with E-state index in [4.69, 9.17) is 4.42 Å². The summed E-state index contributed by atoms with van der Waals surface area (Å²) in [7, 11) is 0. The summed E-state index contributed by atoms with van der Waals surface area (Å²) in [5, 5.41) is 0.655. The summed E-state index contributed by atoms with van der Waals surface area (Å²) in [6, 6.07) is 5.96. The van der Waals surface area contributed by atoms with Gasteiger partial charge in [-0.3, -0.25) is 4.79 Å². The summed E-state index contributed by atoms with van der Waals surface area (Å²) in [6.45, 7) is 0. The van der Waals surface area contributed by atoms with Gasteiger partial charge >= 0.3 is 0 Å². The number of rotatable bonds is 3. The number of hydrogen-bond acceptors (Lipinski definition) is 3. The standard InChI is InChI=1S/C15H15FO2S/c16-12-1-2-14-11(8-12)9-15(18-14)13(17)7-10-3-5-19-6-4-10/h1-2,8-10H,3-7H2. The topological polar surface area (TPSA) is 30.2 Å². The molecular formula is C15H15FO2S. The monoisotopic (exact) mass is 278 g/mol. The molecule has 0 N–H and O–H groups in total. The van der Waals surface area contributed by atoms with Crippen molar-refractivity contribution in [2.75, 3.05) is 11.5 Å². The number of fused-ring (bicyclic) bond motifs is 1. The van der Waals surface area contributed by atoms with Crippen molar-refractivity contribution in [1.29, 1.82) is 0 Å². The molecule has 1 fully saturated rings. The summed E-state index contributed by atoms with van der Waals surface area (Å²) in [5.74, 6) is 2.84. The maximum Gasteiger partial charge on any atom is 0.198 e. The fourth-order valence-electron chi connectivity index (χ4n) is 2.46. The van der Waals surface area contributed by atoms with Crippen LogP contribution in [0.5, 0.6) is 0 Å². The molecule has 1 aliphatic rings. The van der Waals surface area contributed by atoms with Crippen molar-refractivity contribution in [1.82, 2.24) is 0 Å². The molecule has 2 aromatic rings. The van der Waals surface area contributed by atoms with Crippen LogP contribution < -0.4 is 0 Å². The summed E-state index contributed by atoms with van der Waals surface area (Å²) < 4.78 is 18.6. The van der Waals surface area contributed by atoms with Crippen LogP contribution in [-0.2, 0) is 0 Å². The molecule has 1 aliphatic heterocycles. The average Bonchev–Trinajstić information content (AvgIpc) is 2.83. The Morgan fingerprint density at radius 3 is 2.89 bits per heavy atom. The normalized spacial score (nSPS) is 16.9. The highest BCUT2D eigenvalue weighted by molar-refractivity contribution is 7.99.